The van der Waals surface area contributed by atoms with Crippen molar-refractivity contribution in [3.8, 4) is 5.69 Å². The molecule has 0 saturated carbocycles. The molecule has 0 bridgehead atoms. The quantitative estimate of drug-likeness (QED) is 0.723. The number of imidazole rings is 1. The maximum absolute atomic E-state index is 5.55. The maximum atomic E-state index is 5.55. The molecule has 0 spiro atoms. The van der Waals surface area contributed by atoms with E-state index in [4.69, 9.17) is 9.72 Å². The molecule has 1 fully saturated rings. The highest BCUT2D eigenvalue weighted by atomic mass is 16.5. The second-order valence-electron chi connectivity index (χ2n) is 5.55. The predicted octanol–water partition coefficient (Wildman–Crippen LogP) is 3.23. The Bertz CT molecular complexity index is 788. The minimum atomic E-state index is 0.347. The molecule has 1 aromatic carbocycles. The summed E-state index contributed by atoms with van der Waals surface area (Å²) >= 11 is 0. The van der Waals surface area contributed by atoms with Crippen LogP contribution in [0.15, 0.2) is 42.6 Å². The van der Waals surface area contributed by atoms with E-state index in [2.05, 4.69) is 40.7 Å². The van der Waals surface area contributed by atoms with E-state index in [-0.39, 0.29) is 0 Å². The zero-order chi connectivity index (χ0) is 14.2. The lowest BCUT2D eigenvalue weighted by molar-refractivity contribution is 0.193. The van der Waals surface area contributed by atoms with Crippen LogP contribution in [-0.4, -0.2) is 27.7 Å². The van der Waals surface area contributed by atoms with E-state index in [0.717, 1.165) is 42.3 Å². The van der Waals surface area contributed by atoms with Crippen molar-refractivity contribution in [1.29, 1.82) is 0 Å². The monoisotopic (exact) mass is 279 g/mol. The number of aryl methyl sites for hydroxylation is 1. The smallest absolute Gasteiger partial charge is 0.164 e. The van der Waals surface area contributed by atoms with Gasteiger partial charge in [-0.1, -0.05) is 12.1 Å². The molecular weight excluding hydrogens is 262 g/mol. The molecule has 0 N–H and O–H groups in total. The molecule has 3 heterocycles. The average molecular weight is 279 g/mol. The van der Waals surface area contributed by atoms with Crippen LogP contribution in [0.2, 0.25) is 0 Å². The van der Waals surface area contributed by atoms with Crippen LogP contribution in [0, 0.1) is 6.92 Å². The Morgan fingerprint density at radius 3 is 3.00 bits per heavy atom. The number of hydrogen-bond acceptors (Lipinski definition) is 3. The number of nitrogens with zero attached hydrogens (tertiary/aromatic N) is 3. The van der Waals surface area contributed by atoms with Gasteiger partial charge in [0.15, 0.2) is 5.65 Å². The van der Waals surface area contributed by atoms with E-state index in [1.807, 2.05) is 18.3 Å². The first-order chi connectivity index (χ1) is 10.3. The maximum Gasteiger partial charge on any atom is 0.164 e. The Kier molecular flexibility index (Phi) is 2.97. The van der Waals surface area contributed by atoms with Crippen molar-refractivity contribution in [1.82, 2.24) is 14.5 Å². The molecule has 3 aromatic rings. The summed E-state index contributed by atoms with van der Waals surface area (Å²) < 4.78 is 7.73. The Labute approximate surface area is 123 Å². The normalized spacial score (nSPS) is 18.4. The summed E-state index contributed by atoms with van der Waals surface area (Å²) in [7, 11) is 0. The van der Waals surface area contributed by atoms with Crippen LogP contribution in [0.3, 0.4) is 0 Å². The number of pyridine rings is 1. The summed E-state index contributed by atoms with van der Waals surface area (Å²) in [5.41, 5.74) is 4.22. The first-order valence-electron chi connectivity index (χ1n) is 7.31. The van der Waals surface area contributed by atoms with Gasteiger partial charge in [-0.15, -0.1) is 0 Å². The van der Waals surface area contributed by atoms with E-state index in [1.165, 1.54) is 5.56 Å². The number of aromatic nitrogens is 3. The fourth-order valence-electron chi connectivity index (χ4n) is 2.96. The van der Waals surface area contributed by atoms with Crippen molar-refractivity contribution in [3.63, 3.8) is 0 Å². The lowest BCUT2D eigenvalue weighted by Crippen LogP contribution is -2.08. The third-order valence-corrected chi connectivity index (χ3v) is 4.00. The molecule has 106 valence electrons. The van der Waals surface area contributed by atoms with Gasteiger partial charge in [0.25, 0.3) is 0 Å². The van der Waals surface area contributed by atoms with Gasteiger partial charge in [0, 0.05) is 24.4 Å². The van der Waals surface area contributed by atoms with Gasteiger partial charge in [0.1, 0.15) is 11.3 Å². The standard InChI is InChI=1S/C17H17N3O/c1-12-4-2-5-14(10-12)20-16(13-7-9-21-11-13)19-15-6-3-8-18-17(15)20/h2-6,8,10,13H,7,9,11H2,1H3. The van der Waals surface area contributed by atoms with Crippen molar-refractivity contribution in [3.05, 3.63) is 54.0 Å². The SMILES string of the molecule is Cc1cccc(-n2c(C3CCOC3)nc3cccnc32)c1. The fraction of sp³-hybridized carbons (Fsp3) is 0.294. The lowest BCUT2D eigenvalue weighted by Gasteiger charge is -2.12. The average Bonchev–Trinajstić information content (AvgIpc) is 3.14. The zero-order valence-electron chi connectivity index (χ0n) is 12.0. The van der Waals surface area contributed by atoms with Gasteiger partial charge in [-0.05, 0) is 43.2 Å². The van der Waals surface area contributed by atoms with Crippen molar-refractivity contribution >= 4 is 11.2 Å². The second kappa shape index (κ2) is 4.97. The van der Waals surface area contributed by atoms with E-state index in [9.17, 15) is 0 Å². The van der Waals surface area contributed by atoms with Crippen LogP contribution in [0.1, 0.15) is 23.7 Å². The van der Waals surface area contributed by atoms with E-state index < -0.39 is 0 Å². The van der Waals surface area contributed by atoms with E-state index in [0.29, 0.717) is 5.92 Å². The Hall–Kier alpha value is -2.20. The van der Waals surface area contributed by atoms with Crippen molar-refractivity contribution in [2.75, 3.05) is 13.2 Å². The van der Waals surface area contributed by atoms with Crippen LogP contribution < -0.4 is 0 Å². The molecule has 2 aromatic heterocycles. The molecule has 0 radical (unpaired) electrons. The van der Waals surface area contributed by atoms with Crippen LogP contribution in [0.5, 0.6) is 0 Å². The fourth-order valence-corrected chi connectivity index (χ4v) is 2.96. The van der Waals surface area contributed by atoms with Gasteiger partial charge in [-0.2, -0.15) is 0 Å². The van der Waals surface area contributed by atoms with Crippen molar-refractivity contribution in [2.24, 2.45) is 0 Å². The molecular formula is C17H17N3O. The van der Waals surface area contributed by atoms with Crippen molar-refractivity contribution < 1.29 is 4.74 Å². The van der Waals surface area contributed by atoms with Crippen LogP contribution in [0.25, 0.3) is 16.9 Å². The van der Waals surface area contributed by atoms with E-state index >= 15 is 0 Å². The van der Waals surface area contributed by atoms with Crippen LogP contribution in [-0.2, 0) is 4.74 Å². The van der Waals surface area contributed by atoms with E-state index in [1.54, 1.807) is 0 Å². The third kappa shape index (κ3) is 2.12. The summed E-state index contributed by atoms with van der Waals surface area (Å²) in [6.45, 7) is 3.67. The minimum absolute atomic E-state index is 0.347. The Balaban J connectivity index is 1.98. The largest absolute Gasteiger partial charge is 0.381 e. The summed E-state index contributed by atoms with van der Waals surface area (Å²) in [5, 5.41) is 0. The third-order valence-electron chi connectivity index (χ3n) is 4.00. The second-order valence-corrected chi connectivity index (χ2v) is 5.55. The number of benzene rings is 1. The molecule has 21 heavy (non-hydrogen) atoms. The summed E-state index contributed by atoms with van der Waals surface area (Å²) in [4.78, 5) is 9.36. The van der Waals surface area contributed by atoms with Gasteiger partial charge in [-0.3, -0.25) is 4.57 Å². The Morgan fingerprint density at radius 2 is 2.19 bits per heavy atom. The molecule has 1 unspecified atom stereocenters. The highest BCUT2D eigenvalue weighted by Crippen LogP contribution is 2.30. The number of ether oxygens (including phenoxy) is 1. The molecule has 4 nitrogen and oxygen atoms in total. The van der Waals surface area contributed by atoms with Crippen LogP contribution in [0.4, 0.5) is 0 Å². The molecule has 4 rings (SSSR count). The number of hydrogen-bond donors (Lipinski definition) is 0. The number of fused-ring (bicyclic) bond motifs is 1. The molecule has 0 aliphatic carbocycles. The number of rotatable bonds is 2. The molecule has 1 atom stereocenters. The van der Waals surface area contributed by atoms with Gasteiger partial charge in [-0.25, -0.2) is 9.97 Å². The molecule has 0 amide bonds. The van der Waals surface area contributed by atoms with Gasteiger partial charge < -0.3 is 4.74 Å². The van der Waals surface area contributed by atoms with Crippen LogP contribution >= 0.6 is 0 Å². The van der Waals surface area contributed by atoms with Gasteiger partial charge in [0.05, 0.1) is 6.61 Å². The first-order valence-corrected chi connectivity index (χ1v) is 7.31. The lowest BCUT2D eigenvalue weighted by atomic mass is 10.1. The zero-order valence-corrected chi connectivity index (χ0v) is 12.0. The summed E-state index contributed by atoms with van der Waals surface area (Å²) in [6, 6.07) is 12.4. The predicted molar refractivity (Wildman–Crippen MR) is 81.8 cm³/mol. The Morgan fingerprint density at radius 1 is 1.24 bits per heavy atom. The highest BCUT2D eigenvalue weighted by Gasteiger charge is 2.25. The molecule has 1 aliphatic rings. The first kappa shape index (κ1) is 12.5. The molecule has 1 saturated heterocycles. The van der Waals surface area contributed by atoms with Gasteiger partial charge in [0.2, 0.25) is 0 Å². The van der Waals surface area contributed by atoms with Gasteiger partial charge >= 0.3 is 0 Å². The topological polar surface area (TPSA) is 39.9 Å². The summed E-state index contributed by atoms with van der Waals surface area (Å²) in [5.74, 6) is 1.41. The molecule has 4 heteroatoms. The van der Waals surface area contributed by atoms with Crippen molar-refractivity contribution in [2.45, 2.75) is 19.3 Å². The summed E-state index contributed by atoms with van der Waals surface area (Å²) in [6.07, 6.45) is 2.85. The molecule has 1 aliphatic heterocycles. The minimum Gasteiger partial charge on any atom is -0.381 e. The highest BCUT2D eigenvalue weighted by molar-refractivity contribution is 5.74.